The number of ether oxygens (including phenoxy) is 1. The molecule has 0 aliphatic carbocycles. The maximum Gasteiger partial charge on any atom is 0.249 e. The summed E-state index contributed by atoms with van der Waals surface area (Å²) >= 11 is 0. The highest BCUT2D eigenvalue weighted by atomic mass is 16.5. The molecule has 29 heavy (non-hydrogen) atoms. The number of methoxy groups -OCH3 is 1. The summed E-state index contributed by atoms with van der Waals surface area (Å²) in [4.78, 5) is 23.0. The number of fused-ring (bicyclic) bond motifs is 1. The van der Waals surface area contributed by atoms with Gasteiger partial charge in [-0.3, -0.25) is 4.79 Å². The molecule has 1 atom stereocenters. The van der Waals surface area contributed by atoms with E-state index in [0.717, 1.165) is 33.8 Å². The minimum Gasteiger partial charge on any atom is -0.497 e. The average Bonchev–Trinajstić information content (AvgIpc) is 2.85. The lowest BCUT2D eigenvalue weighted by atomic mass is 10.0. The fraction of sp³-hybridized carbons (Fsp3) is 0.174. The third kappa shape index (κ3) is 3.69. The molecule has 0 saturated carbocycles. The van der Waals surface area contributed by atoms with Gasteiger partial charge in [-0.2, -0.15) is 0 Å². The predicted molar refractivity (Wildman–Crippen MR) is 114 cm³/mol. The van der Waals surface area contributed by atoms with Crippen LogP contribution in [0, 0.1) is 0 Å². The summed E-state index contributed by atoms with van der Waals surface area (Å²) in [6, 6.07) is 15.2. The minimum absolute atomic E-state index is 0.00468. The van der Waals surface area contributed by atoms with Crippen LogP contribution < -0.4 is 15.0 Å². The van der Waals surface area contributed by atoms with Gasteiger partial charge in [0.25, 0.3) is 0 Å². The van der Waals surface area contributed by atoms with Gasteiger partial charge in [0.2, 0.25) is 5.91 Å². The highest BCUT2D eigenvalue weighted by Gasteiger charge is 2.29. The maximum absolute atomic E-state index is 13.1. The molecule has 1 unspecified atom stereocenters. The molecule has 146 valence electrons. The van der Waals surface area contributed by atoms with Crippen LogP contribution in [0.5, 0.6) is 5.75 Å². The Morgan fingerprint density at radius 3 is 2.66 bits per heavy atom. The molecule has 2 aromatic carbocycles. The van der Waals surface area contributed by atoms with Crippen molar-refractivity contribution < 1.29 is 9.53 Å². The minimum atomic E-state index is -0.407. The zero-order chi connectivity index (χ0) is 20.4. The molecule has 2 heterocycles. The number of benzene rings is 2. The van der Waals surface area contributed by atoms with Crippen LogP contribution >= 0.6 is 0 Å². The number of hydrogen-bond donors (Lipinski definition) is 1. The van der Waals surface area contributed by atoms with Gasteiger partial charge >= 0.3 is 0 Å². The van der Waals surface area contributed by atoms with E-state index in [1.165, 1.54) is 6.33 Å². The Hall–Kier alpha value is -3.67. The maximum atomic E-state index is 13.1. The van der Waals surface area contributed by atoms with E-state index in [-0.39, 0.29) is 5.91 Å². The third-order valence-corrected chi connectivity index (χ3v) is 5.14. The van der Waals surface area contributed by atoms with Crippen LogP contribution in [0.2, 0.25) is 0 Å². The number of likely N-dealkylation sites (N-methyl/N-ethyl adjacent to an activating group) is 1. The lowest BCUT2D eigenvalue weighted by Gasteiger charge is -2.21. The Balaban J connectivity index is 1.57. The number of carbonyl (C=O) groups excluding carboxylic acids is 1. The third-order valence-electron chi connectivity index (χ3n) is 5.14. The average molecular weight is 386 g/mol. The summed E-state index contributed by atoms with van der Waals surface area (Å²) in [6.45, 7) is 4.15. The van der Waals surface area contributed by atoms with Gasteiger partial charge in [-0.15, -0.1) is 0 Å². The Kier molecular flexibility index (Phi) is 4.99. The number of nitrogens with one attached hydrogen (secondary N) is 1. The summed E-state index contributed by atoms with van der Waals surface area (Å²) in [6.07, 6.45) is 3.81. The summed E-state index contributed by atoms with van der Waals surface area (Å²) < 4.78 is 5.32. The standard InChI is InChI=1S/C23H22N4O2/c1-15-19-13-18(29-3)8-9-22(19)27(2)23(28)21(26-15)12-16-4-6-17(7-5-16)20-10-11-24-14-25-20/h4-11,13-14,21,26H,1,12H2,2-3H3. The van der Waals surface area contributed by atoms with E-state index < -0.39 is 6.04 Å². The van der Waals surface area contributed by atoms with E-state index >= 15 is 0 Å². The summed E-state index contributed by atoms with van der Waals surface area (Å²) in [5.74, 6) is 0.723. The molecule has 1 aliphatic rings. The Morgan fingerprint density at radius 1 is 1.17 bits per heavy atom. The Morgan fingerprint density at radius 2 is 1.97 bits per heavy atom. The van der Waals surface area contributed by atoms with Crippen molar-refractivity contribution in [3.05, 3.63) is 78.8 Å². The molecule has 1 amide bonds. The molecule has 6 nitrogen and oxygen atoms in total. The first-order valence-corrected chi connectivity index (χ1v) is 9.33. The number of hydrogen-bond acceptors (Lipinski definition) is 5. The quantitative estimate of drug-likeness (QED) is 0.745. The van der Waals surface area contributed by atoms with Crippen molar-refractivity contribution >= 4 is 17.3 Å². The van der Waals surface area contributed by atoms with Crippen molar-refractivity contribution in [3.8, 4) is 17.0 Å². The van der Waals surface area contributed by atoms with Gasteiger partial charge in [-0.1, -0.05) is 30.8 Å². The van der Waals surface area contributed by atoms with Gasteiger partial charge in [-0.05, 0) is 29.8 Å². The van der Waals surface area contributed by atoms with E-state index in [0.29, 0.717) is 12.1 Å². The molecule has 0 spiro atoms. The SMILES string of the molecule is C=C1NC(Cc2ccc(-c3ccncn3)cc2)C(=O)N(C)c2ccc(OC)cc21. The summed E-state index contributed by atoms with van der Waals surface area (Å²) in [5, 5.41) is 3.30. The van der Waals surface area contributed by atoms with Crippen molar-refractivity contribution in [2.75, 3.05) is 19.1 Å². The van der Waals surface area contributed by atoms with Gasteiger partial charge in [0.1, 0.15) is 18.1 Å². The van der Waals surface area contributed by atoms with Crippen LogP contribution in [-0.4, -0.2) is 36.1 Å². The second-order valence-electron chi connectivity index (χ2n) is 6.95. The van der Waals surface area contributed by atoms with Gasteiger partial charge in [0, 0.05) is 36.5 Å². The summed E-state index contributed by atoms with van der Waals surface area (Å²) in [7, 11) is 3.41. The van der Waals surface area contributed by atoms with E-state index in [4.69, 9.17) is 4.74 Å². The fourth-order valence-corrected chi connectivity index (χ4v) is 3.53. The second kappa shape index (κ2) is 7.75. The highest BCUT2D eigenvalue weighted by Crippen LogP contribution is 2.32. The number of amides is 1. The van der Waals surface area contributed by atoms with Crippen molar-refractivity contribution in [3.63, 3.8) is 0 Å². The van der Waals surface area contributed by atoms with Crippen LogP contribution in [-0.2, 0) is 11.2 Å². The molecule has 1 aliphatic heterocycles. The first-order chi connectivity index (χ1) is 14.1. The Labute approximate surface area is 169 Å². The van der Waals surface area contributed by atoms with Gasteiger partial charge < -0.3 is 15.0 Å². The van der Waals surface area contributed by atoms with Crippen LogP contribution in [0.1, 0.15) is 11.1 Å². The van der Waals surface area contributed by atoms with Crippen molar-refractivity contribution in [1.82, 2.24) is 15.3 Å². The monoisotopic (exact) mass is 386 g/mol. The topological polar surface area (TPSA) is 67.4 Å². The molecule has 4 rings (SSSR count). The molecular weight excluding hydrogens is 364 g/mol. The number of carbonyl (C=O) groups is 1. The Bertz CT molecular complexity index is 1050. The number of aromatic nitrogens is 2. The smallest absolute Gasteiger partial charge is 0.249 e. The van der Waals surface area contributed by atoms with Gasteiger partial charge in [0.15, 0.2) is 0 Å². The van der Waals surface area contributed by atoms with Gasteiger partial charge in [0.05, 0.1) is 18.5 Å². The lowest BCUT2D eigenvalue weighted by molar-refractivity contribution is -0.119. The fourth-order valence-electron chi connectivity index (χ4n) is 3.53. The lowest BCUT2D eigenvalue weighted by Crippen LogP contribution is -2.43. The van der Waals surface area contributed by atoms with E-state index in [1.54, 1.807) is 25.3 Å². The molecule has 3 aromatic rings. The zero-order valence-electron chi connectivity index (χ0n) is 16.4. The molecule has 0 bridgehead atoms. The van der Waals surface area contributed by atoms with E-state index in [1.807, 2.05) is 48.5 Å². The first kappa shape index (κ1) is 18.7. The van der Waals surface area contributed by atoms with Gasteiger partial charge in [-0.25, -0.2) is 9.97 Å². The molecular formula is C23H22N4O2. The normalized spacial score (nSPS) is 16.1. The molecule has 0 saturated heterocycles. The first-order valence-electron chi connectivity index (χ1n) is 9.33. The number of rotatable bonds is 4. The number of nitrogens with zero attached hydrogens (tertiary/aromatic N) is 3. The van der Waals surface area contributed by atoms with Crippen molar-refractivity contribution in [2.45, 2.75) is 12.5 Å². The van der Waals surface area contributed by atoms with Crippen molar-refractivity contribution in [2.24, 2.45) is 0 Å². The van der Waals surface area contributed by atoms with Crippen LogP contribution in [0.25, 0.3) is 17.0 Å². The predicted octanol–water partition coefficient (Wildman–Crippen LogP) is 3.30. The highest BCUT2D eigenvalue weighted by molar-refractivity contribution is 6.02. The van der Waals surface area contributed by atoms with Crippen LogP contribution in [0.4, 0.5) is 5.69 Å². The molecule has 1 N–H and O–H groups in total. The van der Waals surface area contributed by atoms with Crippen molar-refractivity contribution in [1.29, 1.82) is 0 Å². The van der Waals surface area contributed by atoms with Crippen LogP contribution in [0.3, 0.4) is 0 Å². The molecule has 0 fully saturated rings. The van der Waals surface area contributed by atoms with E-state index in [9.17, 15) is 4.79 Å². The van der Waals surface area contributed by atoms with E-state index in [2.05, 4.69) is 21.9 Å². The molecule has 0 radical (unpaired) electrons. The molecule has 1 aromatic heterocycles. The molecule has 6 heteroatoms. The van der Waals surface area contributed by atoms with Crippen LogP contribution in [0.15, 0.2) is 67.6 Å². The second-order valence-corrected chi connectivity index (χ2v) is 6.95. The largest absolute Gasteiger partial charge is 0.497 e. The number of anilines is 1. The summed E-state index contributed by atoms with van der Waals surface area (Å²) in [5.41, 5.74) is 5.32. The zero-order valence-corrected chi connectivity index (χ0v) is 16.4.